The number of likely N-dealkylation sites (N-methyl/N-ethyl adjacent to an activating group) is 1. The largest absolute Gasteiger partial charge is 0.355 e. The highest BCUT2D eigenvalue weighted by Crippen LogP contribution is 2.22. The van der Waals surface area contributed by atoms with Crippen LogP contribution in [0.5, 0.6) is 0 Å². The molecule has 1 atom stereocenters. The van der Waals surface area contributed by atoms with Gasteiger partial charge < -0.3 is 9.80 Å². The van der Waals surface area contributed by atoms with Crippen molar-refractivity contribution in [2.75, 3.05) is 44.0 Å². The van der Waals surface area contributed by atoms with Crippen molar-refractivity contribution in [3.63, 3.8) is 0 Å². The highest BCUT2D eigenvalue weighted by molar-refractivity contribution is 5.43. The van der Waals surface area contributed by atoms with Crippen molar-refractivity contribution in [1.82, 2.24) is 19.9 Å². The van der Waals surface area contributed by atoms with Crippen molar-refractivity contribution < 1.29 is 0 Å². The molecule has 6 nitrogen and oxygen atoms in total. The Hall–Kier alpha value is -2.21. The van der Waals surface area contributed by atoms with Gasteiger partial charge in [-0.25, -0.2) is 4.98 Å². The first-order valence-electron chi connectivity index (χ1n) is 8.41. The van der Waals surface area contributed by atoms with Gasteiger partial charge in [0, 0.05) is 58.7 Å². The first-order valence-corrected chi connectivity index (χ1v) is 8.41. The standard InChI is InChI=1S/C18H26N6/c1-14-6-5-7-15(20-14)12-24-11-9-16(13-24)23(4)17-8-10-19-18(21-17)22(2)3/h5-8,10,16H,9,11-13H2,1-4H3. The Kier molecular flexibility index (Phi) is 4.94. The number of likely N-dealkylation sites (tertiary alicyclic amines) is 1. The summed E-state index contributed by atoms with van der Waals surface area (Å²) in [6, 6.07) is 8.69. The highest BCUT2D eigenvalue weighted by atomic mass is 15.3. The van der Waals surface area contributed by atoms with E-state index in [9.17, 15) is 0 Å². The topological polar surface area (TPSA) is 48.4 Å². The zero-order valence-corrected chi connectivity index (χ0v) is 15.0. The van der Waals surface area contributed by atoms with E-state index in [2.05, 4.69) is 43.9 Å². The number of rotatable bonds is 5. The lowest BCUT2D eigenvalue weighted by Gasteiger charge is -2.26. The molecule has 2 aromatic rings. The van der Waals surface area contributed by atoms with Crippen molar-refractivity contribution in [3.8, 4) is 0 Å². The van der Waals surface area contributed by atoms with E-state index in [4.69, 9.17) is 0 Å². The number of anilines is 2. The van der Waals surface area contributed by atoms with Crippen LogP contribution in [-0.4, -0.2) is 60.1 Å². The fraction of sp³-hybridized carbons (Fsp3) is 0.500. The third kappa shape index (κ3) is 3.82. The number of hydrogen-bond acceptors (Lipinski definition) is 6. The van der Waals surface area contributed by atoms with Crippen LogP contribution in [0.1, 0.15) is 17.8 Å². The Morgan fingerprint density at radius 2 is 2.00 bits per heavy atom. The fourth-order valence-electron chi connectivity index (χ4n) is 3.13. The van der Waals surface area contributed by atoms with Crippen molar-refractivity contribution >= 4 is 11.8 Å². The second-order valence-corrected chi connectivity index (χ2v) is 6.67. The third-order valence-corrected chi connectivity index (χ3v) is 4.52. The van der Waals surface area contributed by atoms with Crippen LogP contribution in [-0.2, 0) is 6.54 Å². The summed E-state index contributed by atoms with van der Waals surface area (Å²) < 4.78 is 0. The van der Waals surface area contributed by atoms with Gasteiger partial charge in [-0.05, 0) is 31.5 Å². The Morgan fingerprint density at radius 1 is 1.17 bits per heavy atom. The molecule has 1 aliphatic heterocycles. The van der Waals surface area contributed by atoms with Gasteiger partial charge in [-0.3, -0.25) is 9.88 Å². The van der Waals surface area contributed by atoms with Crippen LogP contribution in [0, 0.1) is 6.92 Å². The van der Waals surface area contributed by atoms with Gasteiger partial charge in [0.05, 0.1) is 5.69 Å². The molecule has 1 fully saturated rings. The minimum Gasteiger partial charge on any atom is -0.355 e. The second kappa shape index (κ2) is 7.13. The highest BCUT2D eigenvalue weighted by Gasteiger charge is 2.27. The molecular formula is C18H26N6. The molecule has 1 saturated heterocycles. The van der Waals surface area contributed by atoms with Crippen LogP contribution in [0.2, 0.25) is 0 Å². The lowest BCUT2D eigenvalue weighted by Crippen LogP contribution is -2.35. The Morgan fingerprint density at radius 3 is 2.75 bits per heavy atom. The van der Waals surface area contributed by atoms with Crippen molar-refractivity contribution in [2.24, 2.45) is 0 Å². The normalized spacial score (nSPS) is 17.9. The van der Waals surface area contributed by atoms with E-state index in [1.807, 2.05) is 44.2 Å². The van der Waals surface area contributed by atoms with Crippen LogP contribution in [0.4, 0.5) is 11.8 Å². The quantitative estimate of drug-likeness (QED) is 0.837. The summed E-state index contributed by atoms with van der Waals surface area (Å²) in [7, 11) is 6.05. The zero-order chi connectivity index (χ0) is 17.1. The minimum atomic E-state index is 0.472. The van der Waals surface area contributed by atoms with Crippen molar-refractivity contribution in [1.29, 1.82) is 0 Å². The number of hydrogen-bond donors (Lipinski definition) is 0. The summed E-state index contributed by atoms with van der Waals surface area (Å²) in [5.41, 5.74) is 2.23. The van der Waals surface area contributed by atoms with Crippen LogP contribution < -0.4 is 9.80 Å². The van der Waals surface area contributed by atoms with E-state index in [1.165, 1.54) is 0 Å². The molecule has 1 unspecified atom stereocenters. The van der Waals surface area contributed by atoms with Gasteiger partial charge in [-0.15, -0.1) is 0 Å². The molecule has 0 saturated carbocycles. The second-order valence-electron chi connectivity index (χ2n) is 6.67. The van der Waals surface area contributed by atoms with Crippen molar-refractivity contribution in [2.45, 2.75) is 25.9 Å². The number of aromatic nitrogens is 3. The van der Waals surface area contributed by atoms with Gasteiger partial charge in [0.15, 0.2) is 0 Å². The van der Waals surface area contributed by atoms with E-state index in [-0.39, 0.29) is 0 Å². The van der Waals surface area contributed by atoms with E-state index in [0.717, 1.165) is 49.2 Å². The first-order chi connectivity index (χ1) is 11.5. The summed E-state index contributed by atoms with van der Waals surface area (Å²) >= 11 is 0. The molecule has 3 heterocycles. The molecule has 0 bridgehead atoms. The molecule has 3 rings (SSSR count). The molecule has 128 valence electrons. The number of pyridine rings is 1. The van der Waals surface area contributed by atoms with Gasteiger partial charge in [-0.2, -0.15) is 4.98 Å². The van der Waals surface area contributed by atoms with E-state index >= 15 is 0 Å². The van der Waals surface area contributed by atoms with E-state index in [1.54, 1.807) is 0 Å². The maximum Gasteiger partial charge on any atom is 0.226 e. The smallest absolute Gasteiger partial charge is 0.226 e. The molecule has 0 N–H and O–H groups in total. The molecule has 0 radical (unpaired) electrons. The molecule has 24 heavy (non-hydrogen) atoms. The summed E-state index contributed by atoms with van der Waals surface area (Å²) in [5.74, 6) is 1.73. The summed E-state index contributed by atoms with van der Waals surface area (Å²) in [6.07, 6.45) is 2.97. The maximum absolute atomic E-state index is 4.65. The van der Waals surface area contributed by atoms with Gasteiger partial charge in [-0.1, -0.05) is 6.07 Å². The molecule has 0 spiro atoms. The van der Waals surface area contributed by atoms with Crippen LogP contribution >= 0.6 is 0 Å². The Bertz CT molecular complexity index is 687. The fourth-order valence-corrected chi connectivity index (χ4v) is 3.13. The molecular weight excluding hydrogens is 300 g/mol. The lowest BCUT2D eigenvalue weighted by molar-refractivity contribution is 0.321. The summed E-state index contributed by atoms with van der Waals surface area (Å²) in [4.78, 5) is 20.2. The Balaban J connectivity index is 1.63. The third-order valence-electron chi connectivity index (χ3n) is 4.52. The van der Waals surface area contributed by atoms with Crippen LogP contribution in [0.25, 0.3) is 0 Å². The van der Waals surface area contributed by atoms with E-state index in [0.29, 0.717) is 6.04 Å². The average molecular weight is 326 g/mol. The monoisotopic (exact) mass is 326 g/mol. The number of aryl methyl sites for hydroxylation is 1. The predicted molar refractivity (Wildman–Crippen MR) is 97.4 cm³/mol. The molecule has 1 aliphatic rings. The van der Waals surface area contributed by atoms with E-state index < -0.39 is 0 Å². The minimum absolute atomic E-state index is 0.472. The van der Waals surface area contributed by atoms with Crippen LogP contribution in [0.15, 0.2) is 30.5 Å². The maximum atomic E-state index is 4.65. The van der Waals surface area contributed by atoms with Gasteiger partial charge in [0.2, 0.25) is 5.95 Å². The lowest BCUT2D eigenvalue weighted by atomic mass is 10.2. The van der Waals surface area contributed by atoms with Crippen LogP contribution in [0.3, 0.4) is 0 Å². The van der Waals surface area contributed by atoms with Gasteiger partial charge in [0.1, 0.15) is 5.82 Å². The van der Waals surface area contributed by atoms with Crippen molar-refractivity contribution in [3.05, 3.63) is 41.9 Å². The predicted octanol–water partition coefficient (Wildman–Crippen LogP) is 1.96. The Labute approximate surface area is 144 Å². The first kappa shape index (κ1) is 16.6. The molecule has 2 aromatic heterocycles. The molecule has 6 heteroatoms. The SMILES string of the molecule is Cc1cccc(CN2CCC(N(C)c3ccnc(N(C)C)n3)C2)n1. The molecule has 0 amide bonds. The van der Waals surface area contributed by atoms with Gasteiger partial charge >= 0.3 is 0 Å². The molecule has 0 aliphatic carbocycles. The number of nitrogens with zero attached hydrogens (tertiary/aromatic N) is 6. The average Bonchev–Trinajstić information content (AvgIpc) is 3.02. The summed E-state index contributed by atoms with van der Waals surface area (Å²) in [5, 5.41) is 0. The zero-order valence-electron chi connectivity index (χ0n) is 15.0. The summed E-state index contributed by atoms with van der Waals surface area (Å²) in [6.45, 7) is 5.09. The van der Waals surface area contributed by atoms with Gasteiger partial charge in [0.25, 0.3) is 0 Å². The molecule has 0 aromatic carbocycles.